The summed E-state index contributed by atoms with van der Waals surface area (Å²) in [4.78, 5) is 36.3. The van der Waals surface area contributed by atoms with Gasteiger partial charge >= 0.3 is 11.9 Å². The van der Waals surface area contributed by atoms with Gasteiger partial charge in [-0.1, -0.05) is 53.2 Å². The molecule has 0 amide bonds. The minimum absolute atomic E-state index is 0.0426. The second-order valence-electron chi connectivity index (χ2n) is 14.1. The fourth-order valence-corrected chi connectivity index (χ4v) is 9.56. The predicted octanol–water partition coefficient (Wildman–Crippen LogP) is 6.26. The molecular formula is C32H48O6. The Kier molecular flexibility index (Phi) is 7.34. The third kappa shape index (κ3) is 4.20. The maximum absolute atomic E-state index is 12.9. The molecule has 0 heterocycles. The van der Waals surface area contributed by atoms with Gasteiger partial charge in [0.05, 0.1) is 6.10 Å². The molecule has 4 rings (SSSR count). The first-order chi connectivity index (χ1) is 17.5. The number of ether oxygens (including phenoxy) is 1. The summed E-state index contributed by atoms with van der Waals surface area (Å²) in [5.41, 5.74) is 2.14. The smallest absolute Gasteiger partial charge is 0.330 e. The zero-order chi connectivity index (χ0) is 28.4. The molecule has 0 spiro atoms. The van der Waals surface area contributed by atoms with Crippen LogP contribution in [0.25, 0.3) is 0 Å². The van der Waals surface area contributed by atoms with Gasteiger partial charge in [0.15, 0.2) is 0 Å². The van der Waals surface area contributed by atoms with Crippen LogP contribution in [0.2, 0.25) is 0 Å². The summed E-state index contributed by atoms with van der Waals surface area (Å²) in [5.74, 6) is -0.531. The first kappa shape index (κ1) is 29.0. The van der Waals surface area contributed by atoms with Crippen LogP contribution in [0.1, 0.15) is 107 Å². The van der Waals surface area contributed by atoms with Gasteiger partial charge in [-0.3, -0.25) is 9.59 Å². The molecule has 6 heteroatoms. The highest BCUT2D eigenvalue weighted by atomic mass is 16.5. The molecule has 0 aromatic heterocycles. The highest BCUT2D eigenvalue weighted by molar-refractivity contribution is 5.86. The molecule has 0 aliphatic heterocycles. The number of ketones is 1. The number of carbonyl (C=O) groups is 3. The number of carboxylic acids is 1. The molecule has 6 nitrogen and oxygen atoms in total. The van der Waals surface area contributed by atoms with Crippen molar-refractivity contribution in [3.05, 3.63) is 22.8 Å². The van der Waals surface area contributed by atoms with E-state index in [1.165, 1.54) is 18.1 Å². The lowest BCUT2D eigenvalue weighted by Gasteiger charge is -2.62. The SMILES string of the molecule is CC(=O)O[C@@H](C/C=C(\C)C(=O)O)[C@@H](C)[C@H]1CC[C@@]2(C)C3=C(CC[C@]12C)[C@@]1(C)CCC(=O)C(C)(C)[C@@H]1C[C@H]3O. The maximum atomic E-state index is 12.9. The summed E-state index contributed by atoms with van der Waals surface area (Å²) in [7, 11) is 0. The molecule has 0 bridgehead atoms. The Morgan fingerprint density at radius 3 is 2.34 bits per heavy atom. The largest absolute Gasteiger partial charge is 0.478 e. The second-order valence-corrected chi connectivity index (χ2v) is 14.1. The van der Waals surface area contributed by atoms with Crippen LogP contribution in [0.3, 0.4) is 0 Å². The molecule has 0 aromatic rings. The standard InChI is InChI=1S/C32H48O6/c1-18(28(36)37)9-10-24(38-20(3)33)19(2)21-11-16-32(8)27-22(12-15-31(21,32)7)30(6)14-13-26(35)29(4,5)25(30)17-23(27)34/h9,19,21,23-25,34H,10-17H2,1-8H3,(H,36,37)/b18-9+/t19-,21+,23+,24-,25-,30+,31+,32-/m0/s1. The van der Waals surface area contributed by atoms with E-state index >= 15 is 0 Å². The first-order valence-electron chi connectivity index (χ1n) is 14.5. The van der Waals surface area contributed by atoms with Crippen LogP contribution in [0, 0.1) is 39.4 Å². The zero-order valence-corrected chi connectivity index (χ0v) is 24.6. The van der Waals surface area contributed by atoms with E-state index in [1.807, 2.05) is 0 Å². The zero-order valence-electron chi connectivity index (χ0n) is 24.6. The van der Waals surface area contributed by atoms with Crippen molar-refractivity contribution in [1.82, 2.24) is 0 Å². The van der Waals surface area contributed by atoms with Crippen molar-refractivity contribution in [3.8, 4) is 0 Å². The predicted molar refractivity (Wildman–Crippen MR) is 146 cm³/mol. The van der Waals surface area contributed by atoms with Gasteiger partial charge in [-0.05, 0) is 85.0 Å². The van der Waals surface area contributed by atoms with Crippen LogP contribution in [-0.2, 0) is 19.1 Å². The van der Waals surface area contributed by atoms with E-state index in [0.717, 1.165) is 32.1 Å². The summed E-state index contributed by atoms with van der Waals surface area (Å²) in [6.07, 6.45) is 7.07. The third-order valence-electron chi connectivity index (χ3n) is 12.1. The summed E-state index contributed by atoms with van der Waals surface area (Å²) < 4.78 is 5.79. The molecular weight excluding hydrogens is 480 g/mol. The Hall–Kier alpha value is -1.95. The molecule has 4 aliphatic rings. The number of hydrogen-bond acceptors (Lipinski definition) is 5. The van der Waals surface area contributed by atoms with E-state index in [1.54, 1.807) is 13.0 Å². The number of fused-ring (bicyclic) bond motifs is 4. The van der Waals surface area contributed by atoms with Crippen LogP contribution < -0.4 is 0 Å². The number of allylic oxidation sites excluding steroid dienone is 1. The van der Waals surface area contributed by atoms with Gasteiger partial charge in [0.1, 0.15) is 11.9 Å². The fourth-order valence-electron chi connectivity index (χ4n) is 9.56. The summed E-state index contributed by atoms with van der Waals surface area (Å²) in [6.45, 7) is 16.3. The number of esters is 1. The number of Topliss-reactive ketones (excluding diaryl/α,β-unsaturated/α-hetero) is 1. The van der Waals surface area contributed by atoms with E-state index in [-0.39, 0.29) is 45.5 Å². The van der Waals surface area contributed by atoms with E-state index in [2.05, 4.69) is 41.5 Å². The Balaban J connectivity index is 1.71. The molecule has 8 atom stereocenters. The quantitative estimate of drug-likeness (QED) is 0.240. The van der Waals surface area contributed by atoms with Gasteiger partial charge in [-0.2, -0.15) is 0 Å². The highest BCUT2D eigenvalue weighted by Gasteiger charge is 2.65. The molecule has 2 saturated carbocycles. The van der Waals surface area contributed by atoms with Crippen molar-refractivity contribution in [2.24, 2.45) is 39.4 Å². The van der Waals surface area contributed by atoms with Gasteiger partial charge in [0, 0.05) is 30.8 Å². The van der Waals surface area contributed by atoms with Crippen molar-refractivity contribution < 1.29 is 29.3 Å². The summed E-state index contributed by atoms with van der Waals surface area (Å²) >= 11 is 0. The molecule has 38 heavy (non-hydrogen) atoms. The van der Waals surface area contributed by atoms with Crippen molar-refractivity contribution in [2.45, 2.75) is 119 Å². The molecule has 2 N–H and O–H groups in total. The second kappa shape index (κ2) is 9.60. The topological polar surface area (TPSA) is 101 Å². The highest BCUT2D eigenvalue weighted by Crippen LogP contribution is 2.72. The lowest BCUT2D eigenvalue weighted by molar-refractivity contribution is -0.151. The number of aliphatic hydroxyl groups excluding tert-OH is 1. The molecule has 212 valence electrons. The van der Waals surface area contributed by atoms with E-state index in [9.17, 15) is 24.6 Å². The van der Waals surface area contributed by atoms with Crippen molar-refractivity contribution in [3.63, 3.8) is 0 Å². The molecule has 0 saturated heterocycles. The Bertz CT molecular complexity index is 1080. The van der Waals surface area contributed by atoms with Crippen molar-refractivity contribution >= 4 is 17.7 Å². The normalized spacial score (nSPS) is 40.1. The van der Waals surface area contributed by atoms with Gasteiger partial charge < -0.3 is 14.9 Å². The molecule has 0 radical (unpaired) electrons. The minimum atomic E-state index is -0.961. The number of hydrogen-bond donors (Lipinski definition) is 2. The van der Waals surface area contributed by atoms with E-state index < -0.39 is 23.6 Å². The molecule has 2 fully saturated rings. The first-order valence-corrected chi connectivity index (χ1v) is 14.5. The summed E-state index contributed by atoms with van der Waals surface area (Å²) in [6, 6.07) is 0. The number of carboxylic acid groups (broad SMARTS) is 1. The molecule has 0 aromatic carbocycles. The number of rotatable bonds is 6. The number of aliphatic hydroxyl groups is 1. The van der Waals surface area contributed by atoms with Crippen LogP contribution in [0.5, 0.6) is 0 Å². The Morgan fingerprint density at radius 1 is 1.08 bits per heavy atom. The van der Waals surface area contributed by atoms with E-state index in [4.69, 9.17) is 4.74 Å². The number of carbonyl (C=O) groups excluding carboxylic acids is 2. The minimum Gasteiger partial charge on any atom is -0.478 e. The Labute approximate surface area is 228 Å². The van der Waals surface area contributed by atoms with Gasteiger partial charge in [-0.15, -0.1) is 0 Å². The van der Waals surface area contributed by atoms with Crippen LogP contribution >= 0.6 is 0 Å². The number of aliphatic carboxylic acids is 1. The van der Waals surface area contributed by atoms with Gasteiger partial charge in [0.2, 0.25) is 0 Å². The molecule has 0 unspecified atom stereocenters. The fraction of sp³-hybridized carbons (Fsp3) is 0.781. The van der Waals surface area contributed by atoms with Crippen molar-refractivity contribution in [2.75, 3.05) is 0 Å². The average Bonchev–Trinajstić information content (AvgIpc) is 3.11. The van der Waals surface area contributed by atoms with E-state index in [0.29, 0.717) is 25.0 Å². The summed E-state index contributed by atoms with van der Waals surface area (Å²) in [5, 5.41) is 21.1. The van der Waals surface area contributed by atoms with Crippen LogP contribution in [0.15, 0.2) is 22.8 Å². The van der Waals surface area contributed by atoms with Crippen molar-refractivity contribution in [1.29, 1.82) is 0 Å². The average molecular weight is 529 g/mol. The molecule has 4 aliphatic carbocycles. The van der Waals surface area contributed by atoms with Crippen LogP contribution in [-0.4, -0.2) is 40.1 Å². The third-order valence-corrected chi connectivity index (χ3v) is 12.1. The Morgan fingerprint density at radius 2 is 1.74 bits per heavy atom. The van der Waals surface area contributed by atoms with Crippen LogP contribution in [0.4, 0.5) is 0 Å². The van der Waals surface area contributed by atoms with Gasteiger partial charge in [0.25, 0.3) is 0 Å². The monoisotopic (exact) mass is 528 g/mol. The maximum Gasteiger partial charge on any atom is 0.330 e. The lowest BCUT2D eigenvalue weighted by Crippen LogP contribution is -2.57. The lowest BCUT2D eigenvalue weighted by atomic mass is 9.43. The van der Waals surface area contributed by atoms with Gasteiger partial charge in [-0.25, -0.2) is 4.79 Å².